The summed E-state index contributed by atoms with van der Waals surface area (Å²) in [5, 5.41) is 7.81. The first-order chi connectivity index (χ1) is 12.1. The van der Waals surface area contributed by atoms with Crippen molar-refractivity contribution in [2.24, 2.45) is 0 Å². The molecule has 2 aromatic heterocycles. The number of aryl methyl sites for hydroxylation is 2. The van der Waals surface area contributed by atoms with Gasteiger partial charge in [-0.15, -0.1) is 0 Å². The molecule has 0 saturated carbocycles. The molecule has 1 amide bonds. The van der Waals surface area contributed by atoms with E-state index in [1.54, 1.807) is 17.2 Å². The zero-order valence-electron chi connectivity index (χ0n) is 14.5. The minimum Gasteiger partial charge on any atom is -0.467 e. The summed E-state index contributed by atoms with van der Waals surface area (Å²) < 4.78 is 5.42. The highest BCUT2D eigenvalue weighted by Gasteiger charge is 2.18. The maximum absolute atomic E-state index is 12.9. The SMILES string of the molecule is Cc1ccc(CCN(Cc2ccco2)C(=O)c2cnnc(C)c2)cc1. The molecule has 5 heteroatoms. The van der Waals surface area contributed by atoms with Gasteiger partial charge in [0.05, 0.1) is 30.3 Å². The number of rotatable bonds is 6. The van der Waals surface area contributed by atoms with Crippen LogP contribution in [0.5, 0.6) is 0 Å². The molecule has 0 radical (unpaired) electrons. The van der Waals surface area contributed by atoms with Crippen molar-refractivity contribution in [3.63, 3.8) is 0 Å². The zero-order valence-corrected chi connectivity index (χ0v) is 14.5. The summed E-state index contributed by atoms with van der Waals surface area (Å²) in [7, 11) is 0. The number of furan rings is 1. The zero-order chi connectivity index (χ0) is 17.6. The van der Waals surface area contributed by atoms with E-state index in [1.807, 2.05) is 19.1 Å². The molecule has 0 unspecified atom stereocenters. The Hall–Kier alpha value is -2.95. The number of amides is 1. The van der Waals surface area contributed by atoms with E-state index in [9.17, 15) is 4.79 Å². The molecule has 25 heavy (non-hydrogen) atoms. The van der Waals surface area contributed by atoms with Crippen molar-refractivity contribution in [2.75, 3.05) is 6.54 Å². The molecular formula is C20H21N3O2. The van der Waals surface area contributed by atoms with E-state index in [-0.39, 0.29) is 5.91 Å². The number of benzene rings is 1. The Labute approximate surface area is 147 Å². The van der Waals surface area contributed by atoms with Gasteiger partial charge in [0.25, 0.3) is 5.91 Å². The van der Waals surface area contributed by atoms with E-state index >= 15 is 0 Å². The van der Waals surface area contributed by atoms with Gasteiger partial charge in [0.1, 0.15) is 5.76 Å². The maximum atomic E-state index is 12.9. The van der Waals surface area contributed by atoms with Crippen LogP contribution in [0.4, 0.5) is 0 Å². The van der Waals surface area contributed by atoms with Crippen molar-refractivity contribution in [1.29, 1.82) is 0 Å². The third-order valence-electron chi connectivity index (χ3n) is 4.03. The lowest BCUT2D eigenvalue weighted by Crippen LogP contribution is -2.32. The summed E-state index contributed by atoms with van der Waals surface area (Å²) in [6.45, 7) is 4.92. The van der Waals surface area contributed by atoms with Crippen molar-refractivity contribution in [3.05, 3.63) is 83.1 Å². The molecule has 0 saturated heterocycles. The lowest BCUT2D eigenvalue weighted by molar-refractivity contribution is 0.0732. The van der Waals surface area contributed by atoms with E-state index < -0.39 is 0 Å². The van der Waals surface area contributed by atoms with Crippen LogP contribution >= 0.6 is 0 Å². The van der Waals surface area contributed by atoms with Crippen LogP contribution in [-0.4, -0.2) is 27.5 Å². The molecule has 0 aliphatic rings. The second kappa shape index (κ2) is 7.75. The van der Waals surface area contributed by atoms with Gasteiger partial charge in [-0.1, -0.05) is 29.8 Å². The summed E-state index contributed by atoms with van der Waals surface area (Å²) in [6.07, 6.45) is 3.91. The van der Waals surface area contributed by atoms with Crippen molar-refractivity contribution < 1.29 is 9.21 Å². The first-order valence-corrected chi connectivity index (χ1v) is 8.28. The van der Waals surface area contributed by atoms with Crippen LogP contribution in [0.2, 0.25) is 0 Å². The van der Waals surface area contributed by atoms with Gasteiger partial charge in [-0.25, -0.2) is 0 Å². The third kappa shape index (κ3) is 4.53. The van der Waals surface area contributed by atoms with Gasteiger partial charge in [0.15, 0.2) is 0 Å². The Bertz CT molecular complexity index is 826. The Morgan fingerprint density at radius 1 is 1.16 bits per heavy atom. The number of hydrogen-bond acceptors (Lipinski definition) is 4. The largest absolute Gasteiger partial charge is 0.467 e. The third-order valence-corrected chi connectivity index (χ3v) is 4.03. The van der Waals surface area contributed by atoms with Gasteiger partial charge in [-0.05, 0) is 44.0 Å². The standard InChI is InChI=1S/C20H21N3O2/c1-15-5-7-17(8-6-15)9-10-23(14-19-4-3-11-25-19)20(24)18-12-16(2)22-21-13-18/h3-8,11-13H,9-10,14H2,1-2H3. The van der Waals surface area contributed by atoms with E-state index in [0.29, 0.717) is 18.7 Å². The first-order valence-electron chi connectivity index (χ1n) is 8.28. The predicted molar refractivity (Wildman–Crippen MR) is 95.1 cm³/mol. The minimum atomic E-state index is -0.0680. The van der Waals surface area contributed by atoms with Gasteiger partial charge in [-0.3, -0.25) is 4.79 Å². The van der Waals surface area contributed by atoms with Gasteiger partial charge in [0, 0.05) is 6.54 Å². The normalized spacial score (nSPS) is 10.6. The molecule has 0 aliphatic heterocycles. The maximum Gasteiger partial charge on any atom is 0.255 e. The number of carbonyl (C=O) groups is 1. The molecule has 1 aromatic carbocycles. The van der Waals surface area contributed by atoms with Crippen LogP contribution in [0, 0.1) is 13.8 Å². The van der Waals surface area contributed by atoms with Gasteiger partial charge in [-0.2, -0.15) is 10.2 Å². The van der Waals surface area contributed by atoms with Gasteiger partial charge in [0.2, 0.25) is 0 Å². The molecule has 3 aromatic rings. The number of carbonyl (C=O) groups excluding carboxylic acids is 1. The lowest BCUT2D eigenvalue weighted by Gasteiger charge is -2.22. The molecule has 5 nitrogen and oxygen atoms in total. The van der Waals surface area contributed by atoms with Crippen LogP contribution in [0.25, 0.3) is 0 Å². The monoisotopic (exact) mass is 335 g/mol. The quantitative estimate of drug-likeness (QED) is 0.691. The van der Waals surface area contributed by atoms with Crippen LogP contribution in [0.15, 0.2) is 59.3 Å². The van der Waals surface area contributed by atoms with Crippen LogP contribution in [0.3, 0.4) is 0 Å². The predicted octanol–water partition coefficient (Wildman–Crippen LogP) is 3.57. The summed E-state index contributed by atoms with van der Waals surface area (Å²) in [5.41, 5.74) is 3.70. The Morgan fingerprint density at radius 3 is 2.64 bits per heavy atom. The molecule has 0 N–H and O–H groups in total. The highest BCUT2D eigenvalue weighted by Crippen LogP contribution is 2.13. The van der Waals surface area contributed by atoms with E-state index in [4.69, 9.17) is 4.42 Å². The molecule has 0 spiro atoms. The highest BCUT2D eigenvalue weighted by atomic mass is 16.3. The molecule has 0 atom stereocenters. The highest BCUT2D eigenvalue weighted by molar-refractivity contribution is 5.93. The summed E-state index contributed by atoms with van der Waals surface area (Å²) in [5.74, 6) is 0.692. The fourth-order valence-corrected chi connectivity index (χ4v) is 2.63. The summed E-state index contributed by atoms with van der Waals surface area (Å²) in [4.78, 5) is 14.7. The van der Waals surface area contributed by atoms with Crippen LogP contribution < -0.4 is 0 Å². The molecule has 2 heterocycles. The smallest absolute Gasteiger partial charge is 0.255 e. The topological polar surface area (TPSA) is 59.2 Å². The fourth-order valence-electron chi connectivity index (χ4n) is 2.63. The molecular weight excluding hydrogens is 314 g/mol. The average molecular weight is 335 g/mol. The first kappa shape index (κ1) is 16.9. The van der Waals surface area contributed by atoms with Gasteiger partial charge >= 0.3 is 0 Å². The van der Waals surface area contributed by atoms with E-state index in [1.165, 1.54) is 17.3 Å². The Morgan fingerprint density at radius 2 is 1.96 bits per heavy atom. The second-order valence-electron chi connectivity index (χ2n) is 6.13. The number of nitrogens with zero attached hydrogens (tertiary/aromatic N) is 3. The molecule has 0 aliphatic carbocycles. The van der Waals surface area contributed by atoms with Crippen LogP contribution in [-0.2, 0) is 13.0 Å². The van der Waals surface area contributed by atoms with Crippen molar-refractivity contribution >= 4 is 5.91 Å². The van der Waals surface area contributed by atoms with Crippen LogP contribution in [0.1, 0.15) is 32.9 Å². The Balaban J connectivity index is 1.76. The molecule has 0 fully saturated rings. The molecule has 3 rings (SSSR count). The number of aromatic nitrogens is 2. The van der Waals surface area contributed by atoms with Crippen molar-refractivity contribution in [3.8, 4) is 0 Å². The fraction of sp³-hybridized carbons (Fsp3) is 0.250. The molecule has 128 valence electrons. The summed E-state index contributed by atoms with van der Waals surface area (Å²) in [6, 6.07) is 13.8. The van der Waals surface area contributed by atoms with Crippen molar-refractivity contribution in [2.45, 2.75) is 26.8 Å². The number of hydrogen-bond donors (Lipinski definition) is 0. The van der Waals surface area contributed by atoms with E-state index in [2.05, 4.69) is 41.4 Å². The minimum absolute atomic E-state index is 0.0680. The van der Waals surface area contributed by atoms with Gasteiger partial charge < -0.3 is 9.32 Å². The lowest BCUT2D eigenvalue weighted by atomic mass is 10.1. The Kier molecular flexibility index (Phi) is 5.23. The molecule has 0 bridgehead atoms. The summed E-state index contributed by atoms with van der Waals surface area (Å²) >= 11 is 0. The van der Waals surface area contributed by atoms with Crippen molar-refractivity contribution in [1.82, 2.24) is 15.1 Å². The second-order valence-corrected chi connectivity index (χ2v) is 6.13. The average Bonchev–Trinajstić information content (AvgIpc) is 3.12. The van der Waals surface area contributed by atoms with E-state index in [0.717, 1.165) is 17.9 Å².